The van der Waals surface area contributed by atoms with Crippen LogP contribution in [0.2, 0.25) is 0 Å². The summed E-state index contributed by atoms with van der Waals surface area (Å²) in [4.78, 5) is 12.8. The zero-order chi connectivity index (χ0) is 24.4. The van der Waals surface area contributed by atoms with Crippen LogP contribution in [-0.4, -0.2) is 31.1 Å². The standard InChI is InChI=1S/C23H19F2N7OS/c1-13-14(2)31(16-9-7-15(24)8-10-16)21(18(13)11-26)28-20(33)12-34-23-30-29-22(32(23)27)17-5-3-4-6-19(17)25/h3-10H,12,27H2,1-2H3,(H,28,33). The summed E-state index contributed by atoms with van der Waals surface area (Å²) in [6.07, 6.45) is 0. The second-order valence-corrected chi connectivity index (χ2v) is 8.29. The first kappa shape index (κ1) is 23.0. The van der Waals surface area contributed by atoms with E-state index in [0.717, 1.165) is 22.1 Å². The Balaban J connectivity index is 1.56. The number of halogens is 2. The van der Waals surface area contributed by atoms with E-state index < -0.39 is 17.5 Å². The van der Waals surface area contributed by atoms with Gasteiger partial charge >= 0.3 is 0 Å². The maximum Gasteiger partial charge on any atom is 0.236 e. The molecular formula is C23H19F2N7OS. The van der Waals surface area contributed by atoms with E-state index in [4.69, 9.17) is 5.84 Å². The number of hydrogen-bond donors (Lipinski definition) is 2. The van der Waals surface area contributed by atoms with Gasteiger partial charge in [-0.1, -0.05) is 23.9 Å². The molecule has 2 aromatic heterocycles. The molecule has 0 atom stereocenters. The Morgan fingerprint density at radius 1 is 1.15 bits per heavy atom. The van der Waals surface area contributed by atoms with Crippen molar-refractivity contribution in [1.82, 2.24) is 19.4 Å². The third kappa shape index (κ3) is 4.23. The van der Waals surface area contributed by atoms with Gasteiger partial charge in [0.1, 0.15) is 23.5 Å². The van der Waals surface area contributed by atoms with Gasteiger partial charge in [0.25, 0.3) is 0 Å². The van der Waals surface area contributed by atoms with Crippen LogP contribution in [-0.2, 0) is 4.79 Å². The molecule has 34 heavy (non-hydrogen) atoms. The van der Waals surface area contributed by atoms with Crippen molar-refractivity contribution >= 4 is 23.5 Å². The fraction of sp³-hybridized carbons (Fsp3) is 0.130. The van der Waals surface area contributed by atoms with E-state index >= 15 is 0 Å². The summed E-state index contributed by atoms with van der Waals surface area (Å²) in [6.45, 7) is 3.59. The average molecular weight is 480 g/mol. The topological polar surface area (TPSA) is 115 Å². The highest BCUT2D eigenvalue weighted by molar-refractivity contribution is 7.99. The minimum absolute atomic E-state index is 0.0931. The largest absolute Gasteiger partial charge is 0.335 e. The number of aromatic nitrogens is 4. The number of nitriles is 1. The van der Waals surface area contributed by atoms with Crippen LogP contribution in [0.15, 0.2) is 53.7 Å². The van der Waals surface area contributed by atoms with E-state index in [1.54, 1.807) is 35.8 Å². The summed E-state index contributed by atoms with van der Waals surface area (Å²) in [5.74, 6) is 5.04. The van der Waals surface area contributed by atoms with Gasteiger partial charge in [-0.05, 0) is 55.8 Å². The molecular weight excluding hydrogens is 460 g/mol. The van der Waals surface area contributed by atoms with Crippen molar-refractivity contribution < 1.29 is 13.6 Å². The van der Waals surface area contributed by atoms with Crippen molar-refractivity contribution in [3.63, 3.8) is 0 Å². The molecule has 0 saturated carbocycles. The van der Waals surface area contributed by atoms with Gasteiger partial charge in [0.05, 0.1) is 16.9 Å². The molecule has 0 bridgehead atoms. The Morgan fingerprint density at radius 3 is 2.53 bits per heavy atom. The molecule has 2 heterocycles. The number of hydrogen-bond acceptors (Lipinski definition) is 6. The summed E-state index contributed by atoms with van der Waals surface area (Å²) < 4.78 is 30.3. The van der Waals surface area contributed by atoms with Gasteiger partial charge in [-0.25, -0.2) is 13.5 Å². The predicted molar refractivity (Wildman–Crippen MR) is 125 cm³/mol. The third-order valence-corrected chi connectivity index (χ3v) is 6.22. The average Bonchev–Trinajstić information content (AvgIpc) is 3.30. The maximum absolute atomic E-state index is 14.1. The smallest absolute Gasteiger partial charge is 0.236 e. The Morgan fingerprint density at radius 2 is 1.85 bits per heavy atom. The maximum atomic E-state index is 14.1. The number of carbonyl (C=O) groups is 1. The molecule has 11 heteroatoms. The third-order valence-electron chi connectivity index (χ3n) is 5.28. The van der Waals surface area contributed by atoms with Crippen LogP contribution in [0.3, 0.4) is 0 Å². The first-order valence-corrected chi connectivity index (χ1v) is 11.1. The van der Waals surface area contributed by atoms with Crippen molar-refractivity contribution in [2.45, 2.75) is 19.0 Å². The van der Waals surface area contributed by atoms with Crippen molar-refractivity contribution in [1.29, 1.82) is 5.26 Å². The molecule has 2 aromatic carbocycles. The molecule has 1 amide bonds. The van der Waals surface area contributed by atoms with Crippen molar-refractivity contribution in [2.24, 2.45) is 0 Å². The minimum atomic E-state index is -0.493. The molecule has 0 aliphatic heterocycles. The number of nitrogens with zero attached hydrogens (tertiary/aromatic N) is 5. The van der Waals surface area contributed by atoms with Crippen LogP contribution < -0.4 is 11.2 Å². The Labute approximate surface area is 198 Å². The lowest BCUT2D eigenvalue weighted by molar-refractivity contribution is -0.113. The quantitative estimate of drug-likeness (QED) is 0.320. The normalized spacial score (nSPS) is 10.8. The summed E-state index contributed by atoms with van der Waals surface area (Å²) in [5.41, 5.74) is 2.54. The lowest BCUT2D eigenvalue weighted by Crippen LogP contribution is -2.19. The number of nitrogen functional groups attached to an aromatic ring is 1. The SMILES string of the molecule is Cc1c(C#N)c(NC(=O)CSc2nnc(-c3ccccc3F)n2N)n(-c2ccc(F)cc2)c1C. The van der Waals surface area contributed by atoms with Gasteiger partial charge in [0, 0.05) is 11.4 Å². The molecule has 0 saturated heterocycles. The van der Waals surface area contributed by atoms with E-state index in [2.05, 4.69) is 21.6 Å². The highest BCUT2D eigenvalue weighted by Crippen LogP contribution is 2.30. The molecule has 0 aliphatic carbocycles. The molecule has 0 fully saturated rings. The molecule has 172 valence electrons. The molecule has 4 aromatic rings. The number of carbonyl (C=O) groups excluding carboxylic acids is 1. The zero-order valence-corrected chi connectivity index (χ0v) is 19.0. The van der Waals surface area contributed by atoms with Gasteiger partial charge in [-0.3, -0.25) is 9.36 Å². The summed E-state index contributed by atoms with van der Waals surface area (Å²) >= 11 is 1.01. The summed E-state index contributed by atoms with van der Waals surface area (Å²) in [6, 6.07) is 13.9. The highest BCUT2D eigenvalue weighted by atomic mass is 32.2. The lowest BCUT2D eigenvalue weighted by atomic mass is 10.2. The van der Waals surface area contributed by atoms with Crippen LogP contribution in [0.1, 0.15) is 16.8 Å². The van der Waals surface area contributed by atoms with E-state index in [0.29, 0.717) is 16.8 Å². The molecule has 3 N–H and O–H groups in total. The van der Waals surface area contributed by atoms with Crippen molar-refractivity contribution in [2.75, 3.05) is 16.9 Å². The Kier molecular flexibility index (Phi) is 6.34. The summed E-state index contributed by atoms with van der Waals surface area (Å²) in [7, 11) is 0. The number of thioether (sulfide) groups is 1. The highest BCUT2D eigenvalue weighted by Gasteiger charge is 2.22. The number of nitrogens with one attached hydrogen (secondary N) is 1. The second kappa shape index (κ2) is 9.36. The van der Waals surface area contributed by atoms with E-state index in [-0.39, 0.29) is 28.1 Å². The monoisotopic (exact) mass is 479 g/mol. The van der Waals surface area contributed by atoms with Crippen molar-refractivity contribution in [3.05, 3.63) is 77.0 Å². The number of amides is 1. The van der Waals surface area contributed by atoms with Crippen LogP contribution >= 0.6 is 11.8 Å². The van der Waals surface area contributed by atoms with Crippen LogP contribution in [0.4, 0.5) is 14.6 Å². The lowest BCUT2D eigenvalue weighted by Gasteiger charge is -2.13. The summed E-state index contributed by atoms with van der Waals surface area (Å²) in [5, 5.41) is 20.5. The first-order chi connectivity index (χ1) is 16.3. The first-order valence-electron chi connectivity index (χ1n) is 10.1. The molecule has 8 nitrogen and oxygen atoms in total. The predicted octanol–water partition coefficient (Wildman–Crippen LogP) is 3.95. The number of nitrogens with two attached hydrogens (primary N) is 1. The number of rotatable bonds is 6. The molecule has 4 rings (SSSR count). The van der Waals surface area contributed by atoms with E-state index in [1.807, 2.05) is 6.92 Å². The van der Waals surface area contributed by atoms with Gasteiger partial charge in [0.2, 0.25) is 11.1 Å². The van der Waals surface area contributed by atoms with Crippen LogP contribution in [0.25, 0.3) is 17.1 Å². The van der Waals surface area contributed by atoms with Gasteiger partial charge in [-0.15, -0.1) is 10.2 Å². The molecule has 0 unspecified atom stereocenters. The van der Waals surface area contributed by atoms with E-state index in [1.165, 1.54) is 24.3 Å². The van der Waals surface area contributed by atoms with E-state index in [9.17, 15) is 18.8 Å². The minimum Gasteiger partial charge on any atom is -0.335 e. The second-order valence-electron chi connectivity index (χ2n) is 7.35. The van der Waals surface area contributed by atoms with Crippen LogP contribution in [0, 0.1) is 36.8 Å². The van der Waals surface area contributed by atoms with Crippen LogP contribution in [0.5, 0.6) is 0 Å². The Bertz CT molecular complexity index is 1420. The van der Waals surface area contributed by atoms with Crippen molar-refractivity contribution in [3.8, 4) is 23.1 Å². The van der Waals surface area contributed by atoms with Gasteiger partial charge in [-0.2, -0.15) is 5.26 Å². The zero-order valence-electron chi connectivity index (χ0n) is 18.2. The molecule has 0 spiro atoms. The molecule has 0 radical (unpaired) electrons. The Hall–Kier alpha value is -4.17. The van der Waals surface area contributed by atoms with Gasteiger partial charge in [0.15, 0.2) is 5.82 Å². The molecule has 0 aliphatic rings. The fourth-order valence-electron chi connectivity index (χ4n) is 3.47. The fourth-order valence-corrected chi connectivity index (χ4v) is 4.13. The number of anilines is 1. The van der Waals surface area contributed by atoms with Gasteiger partial charge < -0.3 is 11.2 Å². The number of benzene rings is 2.